The SMILES string of the molecule is CCCCCCC/C=C\C/C=C\CCCCCCCCCCCCCCCCCCCC(=O)OC(COC(=O)CCCCCCCCCCCCCCCCC/C=C\C/C=C\CCCCCCC)COC(OCC[N+](C)(C)C)C(=O)O. The lowest BCUT2D eigenvalue weighted by molar-refractivity contribution is -0.870. The minimum atomic E-state index is -1.51. The zero-order chi connectivity index (χ0) is 59.1. The van der Waals surface area contributed by atoms with Crippen molar-refractivity contribution < 1.29 is 42.9 Å². The molecule has 9 heteroatoms. The zero-order valence-electron chi connectivity index (χ0n) is 54.2. The second-order valence-corrected chi connectivity index (χ2v) is 24.8. The fraction of sp³-hybridized carbons (Fsp3) is 0.847. The van der Waals surface area contributed by atoms with E-state index in [0.29, 0.717) is 17.4 Å². The number of hydrogen-bond donors (Lipinski definition) is 1. The average Bonchev–Trinajstić information content (AvgIpc) is 3.44. The number of carbonyl (C=O) groups excluding carboxylic acids is 2. The summed E-state index contributed by atoms with van der Waals surface area (Å²) in [6.45, 7) is 4.91. The third kappa shape index (κ3) is 64.7. The van der Waals surface area contributed by atoms with E-state index < -0.39 is 18.4 Å². The van der Waals surface area contributed by atoms with Crippen molar-refractivity contribution in [3.8, 4) is 0 Å². The lowest BCUT2D eigenvalue weighted by atomic mass is 10.0. The molecule has 0 rings (SSSR count). The van der Waals surface area contributed by atoms with Gasteiger partial charge >= 0.3 is 17.9 Å². The van der Waals surface area contributed by atoms with Crippen LogP contribution in [0.25, 0.3) is 0 Å². The fourth-order valence-corrected chi connectivity index (χ4v) is 10.2. The molecule has 2 atom stereocenters. The summed E-state index contributed by atoms with van der Waals surface area (Å²) in [6, 6.07) is 0. The topological polar surface area (TPSA) is 108 Å². The summed E-state index contributed by atoms with van der Waals surface area (Å²) >= 11 is 0. The van der Waals surface area contributed by atoms with E-state index in [0.717, 1.165) is 51.4 Å². The molecule has 474 valence electrons. The van der Waals surface area contributed by atoms with Crippen LogP contribution in [-0.4, -0.2) is 87.4 Å². The Morgan fingerprint density at radius 3 is 0.975 bits per heavy atom. The van der Waals surface area contributed by atoms with Crippen LogP contribution in [-0.2, 0) is 33.3 Å². The van der Waals surface area contributed by atoms with Crippen molar-refractivity contribution >= 4 is 17.9 Å². The Hall–Kier alpha value is -2.75. The quantitative estimate of drug-likeness (QED) is 0.0211. The largest absolute Gasteiger partial charge is 0.477 e. The van der Waals surface area contributed by atoms with Gasteiger partial charge in [-0.2, -0.15) is 0 Å². The Balaban J connectivity index is 4.09. The number of rotatable bonds is 65. The number of nitrogens with zero attached hydrogens (tertiary/aromatic N) is 1. The molecule has 0 spiro atoms. The second kappa shape index (κ2) is 63.3. The molecule has 0 aromatic heterocycles. The number of carboxylic acid groups (broad SMARTS) is 1. The molecule has 0 radical (unpaired) electrons. The maximum absolute atomic E-state index is 12.9. The number of esters is 2. The highest BCUT2D eigenvalue weighted by Crippen LogP contribution is 2.18. The van der Waals surface area contributed by atoms with Gasteiger partial charge in [-0.05, 0) is 77.0 Å². The predicted molar refractivity (Wildman–Crippen MR) is 346 cm³/mol. The molecule has 0 amide bonds. The summed E-state index contributed by atoms with van der Waals surface area (Å²) in [5, 5.41) is 9.74. The number of unbranched alkanes of at least 4 members (excludes halogenated alkanes) is 42. The monoisotopic (exact) mass is 1140 g/mol. The van der Waals surface area contributed by atoms with Gasteiger partial charge in [0.1, 0.15) is 13.2 Å². The molecule has 0 heterocycles. The third-order valence-corrected chi connectivity index (χ3v) is 15.6. The van der Waals surface area contributed by atoms with Crippen LogP contribution in [0.5, 0.6) is 0 Å². The van der Waals surface area contributed by atoms with Gasteiger partial charge in [0.2, 0.25) is 0 Å². The molecule has 0 aromatic rings. The first-order chi connectivity index (χ1) is 39.6. The van der Waals surface area contributed by atoms with Crippen LogP contribution < -0.4 is 0 Å². The van der Waals surface area contributed by atoms with Crippen LogP contribution >= 0.6 is 0 Å². The molecule has 0 fully saturated rings. The summed E-state index contributed by atoms with van der Waals surface area (Å²) in [5.74, 6) is -1.98. The number of allylic oxidation sites excluding steroid dienone is 8. The van der Waals surface area contributed by atoms with Gasteiger partial charge in [0, 0.05) is 12.8 Å². The van der Waals surface area contributed by atoms with E-state index in [9.17, 15) is 19.5 Å². The molecule has 9 nitrogen and oxygen atoms in total. The Morgan fingerprint density at radius 2 is 0.667 bits per heavy atom. The Bertz CT molecular complexity index is 1470. The van der Waals surface area contributed by atoms with E-state index in [1.54, 1.807) is 0 Å². The highest BCUT2D eigenvalue weighted by atomic mass is 16.7. The van der Waals surface area contributed by atoms with Crippen LogP contribution in [0.1, 0.15) is 335 Å². The van der Waals surface area contributed by atoms with Gasteiger partial charge in [-0.1, -0.05) is 294 Å². The van der Waals surface area contributed by atoms with E-state index in [4.69, 9.17) is 18.9 Å². The van der Waals surface area contributed by atoms with Crippen LogP contribution in [0.4, 0.5) is 0 Å². The first-order valence-corrected chi connectivity index (χ1v) is 34.8. The lowest BCUT2D eigenvalue weighted by Gasteiger charge is -2.25. The number of likely N-dealkylation sites (N-methyl/N-ethyl adjacent to an activating group) is 1. The van der Waals surface area contributed by atoms with Crippen LogP contribution in [0.15, 0.2) is 48.6 Å². The average molecular weight is 1140 g/mol. The summed E-state index contributed by atoms with van der Waals surface area (Å²) in [4.78, 5) is 37.6. The molecule has 0 aromatic carbocycles. The van der Waals surface area contributed by atoms with Gasteiger partial charge in [0.05, 0.1) is 34.4 Å². The molecule has 2 unspecified atom stereocenters. The van der Waals surface area contributed by atoms with E-state index in [1.807, 2.05) is 21.1 Å². The van der Waals surface area contributed by atoms with Crippen molar-refractivity contribution in [3.63, 3.8) is 0 Å². The Kier molecular flexibility index (Phi) is 61.1. The van der Waals surface area contributed by atoms with Crippen LogP contribution in [0.2, 0.25) is 0 Å². The normalized spacial score (nSPS) is 13.0. The first-order valence-electron chi connectivity index (χ1n) is 34.8. The van der Waals surface area contributed by atoms with E-state index in [-0.39, 0.29) is 38.2 Å². The number of hydrogen-bond acceptors (Lipinski definition) is 7. The summed E-state index contributed by atoms with van der Waals surface area (Å²) in [6.07, 6.45) is 77.9. The molecule has 0 aliphatic carbocycles. The third-order valence-electron chi connectivity index (χ3n) is 15.6. The van der Waals surface area contributed by atoms with Crippen LogP contribution in [0, 0.1) is 0 Å². The predicted octanol–water partition coefficient (Wildman–Crippen LogP) is 21.4. The van der Waals surface area contributed by atoms with Crippen molar-refractivity contribution in [1.82, 2.24) is 0 Å². The summed E-state index contributed by atoms with van der Waals surface area (Å²) < 4.78 is 23.0. The smallest absolute Gasteiger partial charge is 0.361 e. The lowest BCUT2D eigenvalue weighted by Crippen LogP contribution is -2.40. The molecular weight excluding hydrogens is 1010 g/mol. The molecule has 0 saturated heterocycles. The second-order valence-electron chi connectivity index (χ2n) is 24.8. The van der Waals surface area contributed by atoms with E-state index in [1.165, 1.54) is 257 Å². The van der Waals surface area contributed by atoms with Crippen LogP contribution in [0.3, 0.4) is 0 Å². The molecule has 1 N–H and O–H groups in total. The van der Waals surface area contributed by atoms with Gasteiger partial charge in [-0.25, -0.2) is 4.79 Å². The van der Waals surface area contributed by atoms with Gasteiger partial charge in [0.15, 0.2) is 6.10 Å². The zero-order valence-corrected chi connectivity index (χ0v) is 54.2. The minimum absolute atomic E-state index is 0.179. The van der Waals surface area contributed by atoms with E-state index in [2.05, 4.69) is 62.5 Å². The van der Waals surface area contributed by atoms with Gasteiger partial charge in [-0.3, -0.25) is 9.59 Å². The van der Waals surface area contributed by atoms with Crippen molar-refractivity contribution in [2.75, 3.05) is 47.5 Å². The number of aliphatic carboxylic acids is 1. The van der Waals surface area contributed by atoms with Gasteiger partial charge < -0.3 is 28.5 Å². The summed E-state index contributed by atoms with van der Waals surface area (Å²) in [7, 11) is 5.99. The van der Waals surface area contributed by atoms with Crippen molar-refractivity contribution in [2.24, 2.45) is 0 Å². The van der Waals surface area contributed by atoms with Gasteiger partial charge in [-0.15, -0.1) is 0 Å². The fourth-order valence-electron chi connectivity index (χ4n) is 10.2. The Morgan fingerprint density at radius 1 is 0.370 bits per heavy atom. The molecule has 81 heavy (non-hydrogen) atoms. The van der Waals surface area contributed by atoms with Crippen molar-refractivity contribution in [3.05, 3.63) is 48.6 Å². The number of quaternary nitrogens is 1. The molecule has 0 aliphatic heterocycles. The highest BCUT2D eigenvalue weighted by molar-refractivity contribution is 5.71. The van der Waals surface area contributed by atoms with Crippen molar-refractivity contribution in [1.29, 1.82) is 0 Å². The number of ether oxygens (including phenoxy) is 4. The standard InChI is InChI=1S/C72H133NO8/c1-6-8-10-12-14-16-18-20-22-24-26-28-30-32-34-35-37-39-41-43-45-47-49-51-53-55-57-59-61-63-70(75)81-68(67-80-72(71(76)77)78-65-64-73(3,4)5)66-79-69(74)62-60-58-56-54-52-50-48-46-44-42-40-38-36-33-31-29-27-25-23-21-19-17-15-13-11-9-7-2/h18-21,24-27,68,72H,6-17,22-23,28-67H2,1-5H3/p+1/b20-18-,21-19-,26-24-,27-25-. The molecule has 0 aliphatic rings. The molecular formula is C72H134NO8+. The van der Waals surface area contributed by atoms with Gasteiger partial charge in [0.25, 0.3) is 6.29 Å². The first kappa shape index (κ1) is 78.2. The van der Waals surface area contributed by atoms with E-state index >= 15 is 0 Å². The Labute approximate surface area is 502 Å². The molecule has 0 bridgehead atoms. The maximum atomic E-state index is 12.9. The maximum Gasteiger partial charge on any atom is 0.361 e. The molecule has 0 saturated carbocycles. The number of carbonyl (C=O) groups is 3. The highest BCUT2D eigenvalue weighted by Gasteiger charge is 2.25. The minimum Gasteiger partial charge on any atom is -0.477 e. The number of carboxylic acids is 1. The van der Waals surface area contributed by atoms with Crippen molar-refractivity contribution in [2.45, 2.75) is 347 Å². The summed E-state index contributed by atoms with van der Waals surface area (Å²) in [5.41, 5.74) is 0.